The fourth-order valence-corrected chi connectivity index (χ4v) is 6.36. The summed E-state index contributed by atoms with van der Waals surface area (Å²) in [6.45, 7) is 6.07. The van der Waals surface area contributed by atoms with Crippen LogP contribution in [0.1, 0.15) is 59.3 Å². The van der Waals surface area contributed by atoms with Crippen molar-refractivity contribution in [3.63, 3.8) is 0 Å². The van der Waals surface area contributed by atoms with Gasteiger partial charge in [0.25, 0.3) is 0 Å². The minimum absolute atomic E-state index is 0.0250. The van der Waals surface area contributed by atoms with Crippen molar-refractivity contribution < 1.29 is 20.1 Å². The third kappa shape index (κ3) is 2.58. The molecule has 2 fully saturated rings. The van der Waals surface area contributed by atoms with Crippen LogP contribution in [0.15, 0.2) is 11.6 Å². The Balaban J connectivity index is 1.97. The highest BCUT2D eigenvalue weighted by atomic mass is 16.3. The van der Waals surface area contributed by atoms with Gasteiger partial charge in [0.2, 0.25) is 0 Å². The van der Waals surface area contributed by atoms with Gasteiger partial charge < -0.3 is 15.3 Å². The summed E-state index contributed by atoms with van der Waals surface area (Å²) in [5.41, 5.74) is 0.540. The standard InChI is InChI=1S/C20H32O4/c1-18(17(24)11-21)7-6-15-13(8-18)4-5-16-19(2,12-22)9-14(23)10-20(15,16)3/h8,14-16,21-23H,4-7,9-12H2,1-3H3/t14-,15-,16-,18+,19-,20+/m1/s1. The summed E-state index contributed by atoms with van der Waals surface area (Å²) in [5, 5.41) is 29.8. The maximum atomic E-state index is 12.2. The Morgan fingerprint density at radius 3 is 2.54 bits per heavy atom. The van der Waals surface area contributed by atoms with E-state index in [0.717, 1.165) is 32.1 Å². The molecule has 0 unspecified atom stereocenters. The maximum Gasteiger partial charge on any atom is 0.167 e. The molecule has 24 heavy (non-hydrogen) atoms. The van der Waals surface area contributed by atoms with Crippen LogP contribution < -0.4 is 0 Å². The molecule has 6 atom stereocenters. The summed E-state index contributed by atoms with van der Waals surface area (Å²) >= 11 is 0. The number of rotatable bonds is 3. The van der Waals surface area contributed by atoms with Crippen LogP contribution in [0.2, 0.25) is 0 Å². The second-order valence-electron chi connectivity index (χ2n) is 9.28. The molecule has 0 radical (unpaired) electrons. The van der Waals surface area contributed by atoms with E-state index >= 15 is 0 Å². The van der Waals surface area contributed by atoms with Crippen molar-refractivity contribution in [1.82, 2.24) is 0 Å². The van der Waals surface area contributed by atoms with E-state index in [-0.39, 0.29) is 29.3 Å². The monoisotopic (exact) mass is 336 g/mol. The molecule has 0 heterocycles. The van der Waals surface area contributed by atoms with Gasteiger partial charge in [-0.25, -0.2) is 0 Å². The number of hydrogen-bond donors (Lipinski definition) is 3. The van der Waals surface area contributed by atoms with E-state index in [2.05, 4.69) is 19.9 Å². The fourth-order valence-electron chi connectivity index (χ4n) is 6.36. The number of aliphatic hydroxyl groups is 3. The van der Waals surface area contributed by atoms with Gasteiger partial charge in [-0.2, -0.15) is 0 Å². The fraction of sp³-hybridized carbons (Fsp3) is 0.850. The first kappa shape index (κ1) is 18.1. The average molecular weight is 336 g/mol. The molecule has 4 nitrogen and oxygen atoms in total. The molecule has 3 rings (SSSR count). The SMILES string of the molecule is C[C@]1(CO)C[C@@H](O)C[C@@]2(C)[C@@H]3CC[C@](C)(C(=O)CO)C=C3CC[C@H]12. The van der Waals surface area contributed by atoms with E-state index in [1.54, 1.807) is 0 Å². The van der Waals surface area contributed by atoms with Crippen LogP contribution in [0.5, 0.6) is 0 Å². The lowest BCUT2D eigenvalue weighted by molar-refractivity contribution is -0.137. The van der Waals surface area contributed by atoms with Gasteiger partial charge in [-0.05, 0) is 68.1 Å². The largest absolute Gasteiger partial charge is 0.396 e. The first-order valence-electron chi connectivity index (χ1n) is 9.33. The van der Waals surface area contributed by atoms with E-state index in [0.29, 0.717) is 18.3 Å². The van der Waals surface area contributed by atoms with Crippen LogP contribution in [0, 0.1) is 28.1 Å². The van der Waals surface area contributed by atoms with Crippen LogP contribution in [0.25, 0.3) is 0 Å². The van der Waals surface area contributed by atoms with Gasteiger partial charge in [-0.3, -0.25) is 4.79 Å². The number of ketones is 1. The maximum absolute atomic E-state index is 12.2. The summed E-state index contributed by atoms with van der Waals surface area (Å²) in [7, 11) is 0. The van der Waals surface area contributed by atoms with Gasteiger partial charge in [-0.15, -0.1) is 0 Å². The van der Waals surface area contributed by atoms with E-state index in [1.165, 1.54) is 5.57 Å². The molecule has 4 heteroatoms. The Morgan fingerprint density at radius 2 is 1.92 bits per heavy atom. The Morgan fingerprint density at radius 1 is 1.21 bits per heavy atom. The van der Waals surface area contributed by atoms with Crippen LogP contribution >= 0.6 is 0 Å². The Hall–Kier alpha value is -0.710. The summed E-state index contributed by atoms with van der Waals surface area (Å²) in [4.78, 5) is 12.2. The smallest absolute Gasteiger partial charge is 0.167 e. The molecule has 0 aromatic carbocycles. The molecule has 3 aliphatic carbocycles. The third-order valence-electron chi connectivity index (χ3n) is 7.58. The predicted octanol–water partition coefficient (Wildman–Crippen LogP) is 2.46. The number of fused-ring (bicyclic) bond motifs is 3. The molecule has 0 saturated heterocycles. The minimum atomic E-state index is -0.544. The van der Waals surface area contributed by atoms with Crippen molar-refractivity contribution in [1.29, 1.82) is 0 Å². The number of carbonyl (C=O) groups excluding carboxylic acids is 1. The number of carbonyl (C=O) groups is 1. The zero-order valence-electron chi connectivity index (χ0n) is 15.2. The lowest BCUT2D eigenvalue weighted by atomic mass is 9.45. The number of aliphatic hydroxyl groups excluding tert-OH is 3. The summed E-state index contributed by atoms with van der Waals surface area (Å²) in [6.07, 6.45) is 6.87. The first-order valence-corrected chi connectivity index (χ1v) is 9.33. The van der Waals surface area contributed by atoms with Gasteiger partial charge >= 0.3 is 0 Å². The molecule has 2 saturated carbocycles. The molecule has 0 amide bonds. The van der Waals surface area contributed by atoms with Gasteiger partial charge in [0.05, 0.1) is 6.10 Å². The Bertz CT molecular complexity index is 556. The third-order valence-corrected chi connectivity index (χ3v) is 7.58. The number of hydrogen-bond acceptors (Lipinski definition) is 4. The van der Waals surface area contributed by atoms with E-state index in [4.69, 9.17) is 0 Å². The van der Waals surface area contributed by atoms with Crippen molar-refractivity contribution in [3.05, 3.63) is 11.6 Å². The lowest BCUT2D eigenvalue weighted by Gasteiger charge is -2.60. The van der Waals surface area contributed by atoms with E-state index in [1.807, 2.05) is 6.92 Å². The minimum Gasteiger partial charge on any atom is -0.396 e. The van der Waals surface area contributed by atoms with Crippen LogP contribution in [0.4, 0.5) is 0 Å². The first-order chi connectivity index (χ1) is 11.2. The number of Topliss-reactive ketones (excluding diaryl/α,β-unsaturated/α-hetero) is 1. The zero-order chi connectivity index (χ0) is 17.8. The molecule has 0 aromatic rings. The van der Waals surface area contributed by atoms with Gasteiger partial charge in [0, 0.05) is 12.0 Å². The summed E-state index contributed by atoms with van der Waals surface area (Å²) < 4.78 is 0. The molecule has 0 aromatic heterocycles. The second kappa shape index (κ2) is 5.93. The molecule has 3 aliphatic rings. The molecule has 0 aliphatic heterocycles. The van der Waals surface area contributed by atoms with Crippen molar-refractivity contribution in [2.45, 2.75) is 65.4 Å². The summed E-state index contributed by atoms with van der Waals surface area (Å²) in [5.74, 6) is 0.680. The predicted molar refractivity (Wildman–Crippen MR) is 92.3 cm³/mol. The van der Waals surface area contributed by atoms with Gasteiger partial charge in [0.1, 0.15) is 6.61 Å². The summed E-state index contributed by atoms with van der Waals surface area (Å²) in [6, 6.07) is 0. The van der Waals surface area contributed by atoms with Gasteiger partial charge in [-0.1, -0.05) is 25.5 Å². The van der Waals surface area contributed by atoms with Crippen molar-refractivity contribution >= 4 is 5.78 Å². The van der Waals surface area contributed by atoms with Crippen LogP contribution in [-0.2, 0) is 4.79 Å². The lowest BCUT2D eigenvalue weighted by Crippen LogP contribution is -2.56. The highest BCUT2D eigenvalue weighted by Gasteiger charge is 2.57. The quantitative estimate of drug-likeness (QED) is 0.692. The van der Waals surface area contributed by atoms with E-state index in [9.17, 15) is 20.1 Å². The normalized spacial score (nSPS) is 48.2. The molecule has 136 valence electrons. The topological polar surface area (TPSA) is 77.8 Å². The molecular weight excluding hydrogens is 304 g/mol. The van der Waals surface area contributed by atoms with E-state index < -0.39 is 12.0 Å². The Labute approximate surface area is 145 Å². The molecule has 0 bridgehead atoms. The van der Waals surface area contributed by atoms with Crippen LogP contribution in [-0.4, -0.2) is 40.4 Å². The van der Waals surface area contributed by atoms with Gasteiger partial charge in [0.15, 0.2) is 5.78 Å². The molecular formula is C20H32O4. The Kier molecular flexibility index (Phi) is 4.47. The highest BCUT2D eigenvalue weighted by molar-refractivity contribution is 5.87. The zero-order valence-corrected chi connectivity index (χ0v) is 15.2. The van der Waals surface area contributed by atoms with Crippen molar-refractivity contribution in [2.75, 3.05) is 13.2 Å². The average Bonchev–Trinajstić information content (AvgIpc) is 2.52. The van der Waals surface area contributed by atoms with Crippen molar-refractivity contribution in [2.24, 2.45) is 28.1 Å². The second-order valence-corrected chi connectivity index (χ2v) is 9.28. The van der Waals surface area contributed by atoms with Crippen LogP contribution in [0.3, 0.4) is 0 Å². The molecule has 3 N–H and O–H groups in total. The van der Waals surface area contributed by atoms with Crippen molar-refractivity contribution in [3.8, 4) is 0 Å². The highest BCUT2D eigenvalue weighted by Crippen LogP contribution is 2.63. The molecule has 0 spiro atoms. The number of allylic oxidation sites excluding steroid dienone is 2.